The Morgan fingerprint density at radius 2 is 2.00 bits per heavy atom. The highest BCUT2D eigenvalue weighted by Crippen LogP contribution is 2.30. The minimum Gasteiger partial charge on any atom is -0.481 e. The van der Waals surface area contributed by atoms with E-state index in [0.717, 1.165) is 4.31 Å². The zero-order chi connectivity index (χ0) is 15.5. The average molecular weight is 340 g/mol. The molecule has 1 aromatic carbocycles. The molecule has 1 rings (SSSR count). The summed E-state index contributed by atoms with van der Waals surface area (Å²) in [5.74, 6) is -1.60. The Balaban J connectivity index is 2.95. The number of carboxylic acids is 1. The van der Waals surface area contributed by atoms with Gasteiger partial charge in [-0.2, -0.15) is 4.31 Å². The van der Waals surface area contributed by atoms with E-state index in [2.05, 4.69) is 0 Å². The summed E-state index contributed by atoms with van der Waals surface area (Å²) in [7, 11) is -2.27. The third kappa shape index (κ3) is 4.34. The average Bonchev–Trinajstić information content (AvgIpc) is 2.35. The summed E-state index contributed by atoms with van der Waals surface area (Å²) in [6.07, 6.45) is -0.437. The minimum absolute atomic E-state index is 0.366. The van der Waals surface area contributed by atoms with Gasteiger partial charge in [-0.25, -0.2) is 8.42 Å². The predicted octanol–water partition coefficient (Wildman–Crippen LogP) is 2.79. The maximum Gasteiger partial charge on any atom is 0.304 e. The van der Waals surface area contributed by atoms with Crippen molar-refractivity contribution < 1.29 is 18.3 Å². The van der Waals surface area contributed by atoms with Crippen LogP contribution < -0.4 is 0 Å². The molecule has 0 aromatic heterocycles. The van der Waals surface area contributed by atoms with E-state index in [4.69, 9.17) is 28.3 Å². The van der Waals surface area contributed by atoms with E-state index in [1.165, 1.54) is 13.1 Å². The van der Waals surface area contributed by atoms with Crippen LogP contribution in [0, 0.1) is 0 Å². The molecule has 5 nitrogen and oxygen atoms in total. The summed E-state index contributed by atoms with van der Waals surface area (Å²) >= 11 is 11.8. The maximum absolute atomic E-state index is 12.0. The molecule has 1 N–H and O–H groups in total. The molecular weight excluding hydrogens is 325 g/mol. The molecule has 1 atom stereocenters. The van der Waals surface area contributed by atoms with Crippen molar-refractivity contribution in [3.05, 3.63) is 33.8 Å². The standard InChI is InChI=1S/C12H15Cl2NO4S/c1-8(10-4-3-9(13)7-11(10)14)15(2)20(18,19)6-5-12(16)17/h3-4,7-8H,5-6H2,1-2H3,(H,16,17). The van der Waals surface area contributed by atoms with Crippen LogP contribution in [0.5, 0.6) is 0 Å². The summed E-state index contributed by atoms with van der Waals surface area (Å²) in [5, 5.41) is 9.40. The van der Waals surface area contributed by atoms with Gasteiger partial charge < -0.3 is 5.11 Å². The summed E-state index contributed by atoms with van der Waals surface area (Å²) in [5.41, 5.74) is 0.609. The monoisotopic (exact) mass is 339 g/mol. The number of carbonyl (C=O) groups is 1. The molecule has 0 aliphatic heterocycles. The molecule has 112 valence electrons. The molecule has 0 radical (unpaired) electrons. The van der Waals surface area contributed by atoms with Crippen LogP contribution in [-0.2, 0) is 14.8 Å². The van der Waals surface area contributed by atoms with Gasteiger partial charge in [0, 0.05) is 23.1 Å². The second-order valence-corrected chi connectivity index (χ2v) is 7.31. The van der Waals surface area contributed by atoms with Gasteiger partial charge in [0.1, 0.15) is 0 Å². The van der Waals surface area contributed by atoms with Crippen molar-refractivity contribution in [2.45, 2.75) is 19.4 Å². The number of sulfonamides is 1. The van der Waals surface area contributed by atoms with E-state index in [0.29, 0.717) is 15.6 Å². The van der Waals surface area contributed by atoms with E-state index in [-0.39, 0.29) is 0 Å². The van der Waals surface area contributed by atoms with Gasteiger partial charge in [-0.05, 0) is 24.6 Å². The molecule has 0 heterocycles. The third-order valence-corrected chi connectivity index (χ3v) is 5.45. The summed E-state index contributed by atoms with van der Waals surface area (Å²) < 4.78 is 25.2. The van der Waals surface area contributed by atoms with E-state index >= 15 is 0 Å². The topological polar surface area (TPSA) is 74.7 Å². The van der Waals surface area contributed by atoms with Crippen LogP contribution in [-0.4, -0.2) is 36.6 Å². The molecule has 0 aliphatic rings. The van der Waals surface area contributed by atoms with Crippen molar-refractivity contribution in [1.29, 1.82) is 0 Å². The number of rotatable bonds is 6. The van der Waals surface area contributed by atoms with Crippen LogP contribution >= 0.6 is 23.2 Å². The molecule has 20 heavy (non-hydrogen) atoms. The molecule has 0 amide bonds. The minimum atomic E-state index is -3.67. The first-order valence-electron chi connectivity index (χ1n) is 5.77. The van der Waals surface area contributed by atoms with Gasteiger partial charge in [-0.1, -0.05) is 29.3 Å². The van der Waals surface area contributed by atoms with Crippen molar-refractivity contribution in [3.63, 3.8) is 0 Å². The first-order valence-corrected chi connectivity index (χ1v) is 8.14. The zero-order valence-corrected chi connectivity index (χ0v) is 13.3. The van der Waals surface area contributed by atoms with Crippen molar-refractivity contribution >= 4 is 39.2 Å². The van der Waals surface area contributed by atoms with Crippen LogP contribution in [0.4, 0.5) is 0 Å². The Morgan fingerprint density at radius 3 is 2.50 bits per heavy atom. The fourth-order valence-corrected chi connectivity index (χ4v) is 3.52. The first kappa shape index (κ1) is 17.2. The fraction of sp³-hybridized carbons (Fsp3) is 0.417. The van der Waals surface area contributed by atoms with Crippen LogP contribution in [0.2, 0.25) is 10.0 Å². The van der Waals surface area contributed by atoms with Gasteiger partial charge in [-0.3, -0.25) is 4.79 Å². The van der Waals surface area contributed by atoms with Gasteiger partial charge in [0.05, 0.1) is 12.2 Å². The van der Waals surface area contributed by atoms with E-state index < -0.39 is 34.2 Å². The lowest BCUT2D eigenvalue weighted by Crippen LogP contribution is -2.32. The third-order valence-electron chi connectivity index (χ3n) is 2.97. The Bertz CT molecular complexity index is 603. The highest BCUT2D eigenvalue weighted by atomic mass is 35.5. The van der Waals surface area contributed by atoms with Crippen LogP contribution in [0.1, 0.15) is 24.9 Å². The number of hydrogen-bond donors (Lipinski definition) is 1. The summed E-state index contributed by atoms with van der Waals surface area (Å²) in [6, 6.07) is 4.29. The molecule has 0 fully saturated rings. The quantitative estimate of drug-likeness (QED) is 0.864. The fourth-order valence-electron chi connectivity index (χ4n) is 1.64. The lowest BCUT2D eigenvalue weighted by Gasteiger charge is -2.25. The van der Waals surface area contributed by atoms with Crippen molar-refractivity contribution in [2.24, 2.45) is 0 Å². The Morgan fingerprint density at radius 1 is 1.40 bits per heavy atom. The van der Waals surface area contributed by atoms with Gasteiger partial charge in [0.15, 0.2) is 0 Å². The van der Waals surface area contributed by atoms with Gasteiger partial charge in [-0.15, -0.1) is 0 Å². The number of halogens is 2. The summed E-state index contributed by atoms with van der Waals surface area (Å²) in [6.45, 7) is 1.67. The molecule has 1 unspecified atom stereocenters. The van der Waals surface area contributed by atoms with Gasteiger partial charge in [0.2, 0.25) is 10.0 Å². The SMILES string of the molecule is CC(c1ccc(Cl)cc1Cl)N(C)S(=O)(=O)CCC(=O)O. The highest BCUT2D eigenvalue weighted by Gasteiger charge is 2.26. The van der Waals surface area contributed by atoms with Crippen molar-refractivity contribution in [1.82, 2.24) is 4.31 Å². The molecule has 0 saturated heterocycles. The molecule has 0 saturated carbocycles. The molecule has 0 spiro atoms. The Kier molecular flexibility index (Phi) is 5.82. The number of aliphatic carboxylic acids is 1. The number of hydrogen-bond acceptors (Lipinski definition) is 3. The first-order chi connectivity index (χ1) is 9.15. The molecule has 1 aromatic rings. The highest BCUT2D eigenvalue weighted by molar-refractivity contribution is 7.89. The molecule has 0 bridgehead atoms. The van der Waals surface area contributed by atoms with E-state index in [1.807, 2.05) is 0 Å². The van der Waals surface area contributed by atoms with Crippen molar-refractivity contribution in [3.8, 4) is 0 Å². The zero-order valence-electron chi connectivity index (χ0n) is 11.0. The molecule has 0 aliphatic carbocycles. The summed E-state index contributed by atoms with van der Waals surface area (Å²) in [4.78, 5) is 10.5. The lowest BCUT2D eigenvalue weighted by atomic mass is 10.1. The number of carboxylic acid groups (broad SMARTS) is 1. The molecular formula is C12H15Cl2NO4S. The number of benzene rings is 1. The maximum atomic E-state index is 12.0. The number of nitrogens with zero attached hydrogens (tertiary/aromatic N) is 1. The second-order valence-electron chi connectivity index (χ2n) is 4.32. The van der Waals surface area contributed by atoms with Gasteiger partial charge in [0.25, 0.3) is 0 Å². The smallest absolute Gasteiger partial charge is 0.304 e. The lowest BCUT2D eigenvalue weighted by molar-refractivity contribution is -0.136. The Labute approximate surface area is 128 Å². The van der Waals surface area contributed by atoms with E-state index in [1.54, 1.807) is 19.1 Å². The Hall–Kier alpha value is -0.820. The normalized spacial score (nSPS) is 13.4. The second kappa shape index (κ2) is 6.76. The molecule has 8 heteroatoms. The van der Waals surface area contributed by atoms with Crippen molar-refractivity contribution in [2.75, 3.05) is 12.8 Å². The largest absolute Gasteiger partial charge is 0.481 e. The predicted molar refractivity (Wildman–Crippen MR) is 78.7 cm³/mol. The van der Waals surface area contributed by atoms with Gasteiger partial charge >= 0.3 is 5.97 Å². The van der Waals surface area contributed by atoms with Crippen LogP contribution in [0.15, 0.2) is 18.2 Å². The van der Waals surface area contributed by atoms with Crippen LogP contribution in [0.25, 0.3) is 0 Å². The van der Waals surface area contributed by atoms with E-state index in [9.17, 15) is 13.2 Å². The van der Waals surface area contributed by atoms with Crippen LogP contribution in [0.3, 0.4) is 0 Å².